The zero-order valence-corrected chi connectivity index (χ0v) is 19.2. The highest BCUT2D eigenvalue weighted by Gasteiger charge is 2.25. The van der Waals surface area contributed by atoms with Gasteiger partial charge in [0, 0.05) is 34.4 Å². The number of nitrogens with two attached hydrogens (primary N) is 2. The highest BCUT2D eigenvalue weighted by molar-refractivity contribution is 7.19. The third-order valence-corrected chi connectivity index (χ3v) is 6.94. The second-order valence-electron chi connectivity index (χ2n) is 8.12. The predicted molar refractivity (Wildman–Crippen MR) is 136 cm³/mol. The van der Waals surface area contributed by atoms with Crippen LogP contribution in [0.2, 0.25) is 0 Å². The molecular formula is C27H25N5S. The Hall–Kier alpha value is -3.45. The number of fused-ring (bicyclic) bond motifs is 1. The highest BCUT2D eigenvalue weighted by atomic mass is 32.1. The van der Waals surface area contributed by atoms with Crippen molar-refractivity contribution in [1.29, 1.82) is 0 Å². The van der Waals surface area contributed by atoms with Crippen LogP contribution in [0.5, 0.6) is 0 Å². The van der Waals surface area contributed by atoms with E-state index in [1.165, 1.54) is 4.88 Å². The lowest BCUT2D eigenvalue weighted by molar-refractivity contribution is 0.537. The van der Waals surface area contributed by atoms with Gasteiger partial charge in [-0.15, -0.1) is 11.3 Å². The first-order valence-electron chi connectivity index (χ1n) is 10.9. The third-order valence-electron chi connectivity index (χ3n) is 5.83. The molecule has 0 saturated heterocycles. The molecule has 2 unspecified atom stereocenters. The second-order valence-corrected chi connectivity index (χ2v) is 9.35. The van der Waals surface area contributed by atoms with Gasteiger partial charge in [-0.1, -0.05) is 60.7 Å². The topological polar surface area (TPSA) is 90.7 Å². The van der Waals surface area contributed by atoms with Gasteiger partial charge in [-0.2, -0.15) is 0 Å². The van der Waals surface area contributed by atoms with Crippen molar-refractivity contribution in [1.82, 2.24) is 15.0 Å². The highest BCUT2D eigenvalue weighted by Crippen LogP contribution is 2.40. The van der Waals surface area contributed by atoms with Crippen LogP contribution in [0.3, 0.4) is 0 Å². The summed E-state index contributed by atoms with van der Waals surface area (Å²) in [6, 6.07) is 23.7. The van der Waals surface area contributed by atoms with Gasteiger partial charge in [0.25, 0.3) is 0 Å². The van der Waals surface area contributed by atoms with Crippen molar-refractivity contribution in [3.05, 3.63) is 101 Å². The summed E-state index contributed by atoms with van der Waals surface area (Å²) < 4.78 is 1.00. The monoisotopic (exact) mass is 451 g/mol. The van der Waals surface area contributed by atoms with E-state index in [-0.39, 0.29) is 6.04 Å². The molecule has 4 N–H and O–H groups in total. The first-order chi connectivity index (χ1) is 16.1. The van der Waals surface area contributed by atoms with Gasteiger partial charge < -0.3 is 11.5 Å². The van der Waals surface area contributed by atoms with Crippen molar-refractivity contribution < 1.29 is 0 Å². The van der Waals surface area contributed by atoms with Crippen molar-refractivity contribution in [3.8, 4) is 22.5 Å². The fourth-order valence-electron chi connectivity index (χ4n) is 4.13. The lowest BCUT2D eigenvalue weighted by Crippen LogP contribution is -2.36. The van der Waals surface area contributed by atoms with Gasteiger partial charge in [0.1, 0.15) is 0 Å². The number of aryl methyl sites for hydroxylation is 1. The summed E-state index contributed by atoms with van der Waals surface area (Å²) >= 11 is 1.68. The van der Waals surface area contributed by atoms with Crippen LogP contribution in [0.1, 0.15) is 22.2 Å². The molecule has 164 valence electrons. The Morgan fingerprint density at radius 1 is 0.818 bits per heavy atom. The summed E-state index contributed by atoms with van der Waals surface area (Å²) in [5.74, 6) is 0.636. The average Bonchev–Trinajstić information content (AvgIpc) is 3.20. The van der Waals surface area contributed by atoms with Crippen LogP contribution in [0.25, 0.3) is 32.7 Å². The first kappa shape index (κ1) is 21.4. The molecule has 0 aliphatic carbocycles. The van der Waals surface area contributed by atoms with E-state index in [4.69, 9.17) is 21.4 Å². The average molecular weight is 452 g/mol. The summed E-state index contributed by atoms with van der Waals surface area (Å²) in [5.41, 5.74) is 19.4. The van der Waals surface area contributed by atoms with Gasteiger partial charge in [0.2, 0.25) is 0 Å². The SMILES string of the molecule is Cc1sc2c(C(N)C(N)Cc3ccccc3)nc(-c3ccncc3)nc2c1-c1ccccc1. The lowest BCUT2D eigenvalue weighted by Gasteiger charge is -2.21. The molecule has 5 rings (SSSR count). The number of hydrogen-bond acceptors (Lipinski definition) is 6. The van der Waals surface area contributed by atoms with Crippen LogP contribution in [0, 0.1) is 6.92 Å². The molecular weight excluding hydrogens is 426 g/mol. The third kappa shape index (κ3) is 4.28. The van der Waals surface area contributed by atoms with Crippen LogP contribution >= 0.6 is 11.3 Å². The van der Waals surface area contributed by atoms with Crippen molar-refractivity contribution in [2.45, 2.75) is 25.4 Å². The molecule has 0 amide bonds. The summed E-state index contributed by atoms with van der Waals surface area (Å²) in [6.07, 6.45) is 4.18. The van der Waals surface area contributed by atoms with Gasteiger partial charge in [0.05, 0.1) is 22.0 Å². The second kappa shape index (κ2) is 9.19. The molecule has 3 aromatic heterocycles. The molecule has 0 aliphatic rings. The van der Waals surface area contributed by atoms with E-state index in [0.29, 0.717) is 12.2 Å². The van der Waals surface area contributed by atoms with E-state index < -0.39 is 6.04 Å². The van der Waals surface area contributed by atoms with Crippen LogP contribution in [0.15, 0.2) is 85.2 Å². The number of hydrogen-bond donors (Lipinski definition) is 2. The summed E-state index contributed by atoms with van der Waals surface area (Å²) in [5, 5.41) is 0. The van der Waals surface area contributed by atoms with E-state index in [1.54, 1.807) is 23.7 Å². The van der Waals surface area contributed by atoms with Gasteiger partial charge in [-0.05, 0) is 36.6 Å². The fourth-order valence-corrected chi connectivity index (χ4v) is 5.28. The Labute approximate surface area is 197 Å². The standard InChI is InChI=1S/C27H25N5S/c1-17-22(19-10-6-3-7-11-19)24-26(33-17)25(32-27(31-24)20-12-14-30-15-13-20)23(29)21(28)16-18-8-4-2-5-9-18/h2-15,21,23H,16,28-29H2,1H3. The molecule has 0 spiro atoms. The predicted octanol–water partition coefficient (Wildman–Crippen LogP) is 5.30. The maximum absolute atomic E-state index is 6.78. The molecule has 5 nitrogen and oxygen atoms in total. The van der Waals surface area contributed by atoms with Crippen molar-refractivity contribution in [2.24, 2.45) is 11.5 Å². The summed E-state index contributed by atoms with van der Waals surface area (Å²) in [4.78, 5) is 15.3. The minimum atomic E-state index is -0.432. The van der Waals surface area contributed by atoms with E-state index in [9.17, 15) is 0 Å². The molecule has 2 aromatic carbocycles. The normalized spacial score (nSPS) is 13.2. The number of benzene rings is 2. The largest absolute Gasteiger partial charge is 0.326 e. The fraction of sp³-hybridized carbons (Fsp3) is 0.148. The smallest absolute Gasteiger partial charge is 0.160 e. The van der Waals surface area contributed by atoms with Crippen molar-refractivity contribution in [3.63, 3.8) is 0 Å². The summed E-state index contributed by atoms with van der Waals surface area (Å²) in [6.45, 7) is 2.12. The zero-order valence-electron chi connectivity index (χ0n) is 18.3. The Kier molecular flexibility index (Phi) is 5.96. The van der Waals surface area contributed by atoms with Crippen LogP contribution in [0.4, 0.5) is 0 Å². The maximum Gasteiger partial charge on any atom is 0.160 e. The number of thiophene rings is 1. The van der Waals surface area contributed by atoms with Crippen LogP contribution in [-0.2, 0) is 6.42 Å². The summed E-state index contributed by atoms with van der Waals surface area (Å²) in [7, 11) is 0. The quantitative estimate of drug-likeness (QED) is 0.366. The lowest BCUT2D eigenvalue weighted by atomic mass is 9.97. The minimum Gasteiger partial charge on any atom is -0.326 e. The van der Waals surface area contributed by atoms with E-state index in [0.717, 1.165) is 38.2 Å². The molecule has 0 bridgehead atoms. The van der Waals surface area contributed by atoms with E-state index in [2.05, 4.69) is 36.2 Å². The minimum absolute atomic E-state index is 0.279. The number of nitrogens with zero attached hydrogens (tertiary/aromatic N) is 3. The maximum atomic E-state index is 6.78. The van der Waals surface area contributed by atoms with Crippen LogP contribution < -0.4 is 11.5 Å². The van der Waals surface area contributed by atoms with E-state index >= 15 is 0 Å². The van der Waals surface area contributed by atoms with E-state index in [1.807, 2.05) is 48.5 Å². The molecule has 33 heavy (non-hydrogen) atoms. The van der Waals surface area contributed by atoms with Gasteiger partial charge in [-0.3, -0.25) is 4.98 Å². The van der Waals surface area contributed by atoms with Crippen molar-refractivity contribution in [2.75, 3.05) is 0 Å². The molecule has 5 aromatic rings. The molecule has 2 atom stereocenters. The van der Waals surface area contributed by atoms with Gasteiger partial charge >= 0.3 is 0 Å². The Bertz CT molecular complexity index is 1370. The Balaban J connectivity index is 1.67. The van der Waals surface area contributed by atoms with Gasteiger partial charge in [-0.25, -0.2) is 9.97 Å². The number of pyridine rings is 1. The molecule has 6 heteroatoms. The molecule has 0 aliphatic heterocycles. The number of aromatic nitrogens is 3. The Morgan fingerprint density at radius 3 is 2.18 bits per heavy atom. The number of rotatable bonds is 6. The first-order valence-corrected chi connectivity index (χ1v) is 11.8. The molecule has 3 heterocycles. The molecule has 0 radical (unpaired) electrons. The molecule has 0 fully saturated rings. The van der Waals surface area contributed by atoms with Crippen molar-refractivity contribution >= 4 is 21.6 Å². The zero-order chi connectivity index (χ0) is 22.8. The molecule has 0 saturated carbocycles. The Morgan fingerprint density at radius 2 is 1.48 bits per heavy atom. The van der Waals surface area contributed by atoms with Gasteiger partial charge in [0.15, 0.2) is 5.82 Å². The van der Waals surface area contributed by atoms with Crippen LogP contribution in [-0.4, -0.2) is 21.0 Å².